The zero-order valence-electron chi connectivity index (χ0n) is 16.9. The third kappa shape index (κ3) is 4.27. The zero-order valence-corrected chi connectivity index (χ0v) is 16.9. The van der Waals surface area contributed by atoms with Gasteiger partial charge in [0.25, 0.3) is 0 Å². The molecule has 4 rings (SSSR count). The Bertz CT molecular complexity index is 1010. The van der Waals surface area contributed by atoms with Crippen LogP contribution in [0.2, 0.25) is 0 Å². The fourth-order valence-electron chi connectivity index (χ4n) is 3.76. The maximum Gasteiger partial charge on any atom is 0.417 e. The van der Waals surface area contributed by atoms with Gasteiger partial charge in [0.1, 0.15) is 6.10 Å². The minimum Gasteiger partial charge on any atom is -0.472 e. The van der Waals surface area contributed by atoms with Crippen molar-refractivity contribution in [1.29, 1.82) is 0 Å². The van der Waals surface area contributed by atoms with Gasteiger partial charge in [0, 0.05) is 30.9 Å². The van der Waals surface area contributed by atoms with Crippen molar-refractivity contribution in [2.24, 2.45) is 0 Å². The molecule has 1 aromatic heterocycles. The van der Waals surface area contributed by atoms with Crippen LogP contribution >= 0.6 is 0 Å². The average Bonchev–Trinajstić information content (AvgIpc) is 3.18. The number of ether oxygens (including phenoxy) is 1. The largest absolute Gasteiger partial charge is 0.472 e. The molecular weight excluding hydrogens is 389 g/mol. The molecule has 6 heteroatoms. The molecule has 30 heavy (non-hydrogen) atoms. The smallest absolute Gasteiger partial charge is 0.417 e. The monoisotopic (exact) mass is 412 g/mol. The minimum absolute atomic E-state index is 0.104. The van der Waals surface area contributed by atoms with E-state index in [1.165, 1.54) is 28.3 Å². The topological polar surface area (TPSA) is 25.4 Å². The van der Waals surface area contributed by atoms with Gasteiger partial charge in [-0.05, 0) is 54.3 Å². The number of alkyl halides is 3. The summed E-state index contributed by atoms with van der Waals surface area (Å²) in [5, 5.41) is 0. The van der Waals surface area contributed by atoms with Crippen molar-refractivity contribution >= 4 is 5.69 Å². The van der Waals surface area contributed by atoms with Gasteiger partial charge < -0.3 is 9.64 Å². The fourth-order valence-corrected chi connectivity index (χ4v) is 3.76. The highest BCUT2D eigenvalue weighted by Crippen LogP contribution is 2.31. The molecular formula is C24H23F3N2O. The van der Waals surface area contributed by atoms with E-state index in [1.54, 1.807) is 0 Å². The van der Waals surface area contributed by atoms with Crippen LogP contribution in [0.15, 0.2) is 60.8 Å². The Morgan fingerprint density at radius 2 is 1.77 bits per heavy atom. The van der Waals surface area contributed by atoms with Crippen molar-refractivity contribution in [3.05, 3.63) is 77.5 Å². The van der Waals surface area contributed by atoms with E-state index in [-0.39, 0.29) is 12.0 Å². The molecule has 1 unspecified atom stereocenters. The Morgan fingerprint density at radius 3 is 2.43 bits per heavy atom. The minimum atomic E-state index is -4.39. The molecule has 0 radical (unpaired) electrons. The lowest BCUT2D eigenvalue weighted by atomic mass is 9.97. The van der Waals surface area contributed by atoms with Crippen LogP contribution in [-0.2, 0) is 6.18 Å². The van der Waals surface area contributed by atoms with Crippen LogP contribution in [0.5, 0.6) is 5.88 Å². The molecule has 3 aromatic rings. The molecule has 0 amide bonds. The molecule has 1 fully saturated rings. The van der Waals surface area contributed by atoms with Crippen LogP contribution in [-0.4, -0.2) is 24.2 Å². The van der Waals surface area contributed by atoms with Gasteiger partial charge in [0.05, 0.1) is 12.1 Å². The van der Waals surface area contributed by atoms with Crippen molar-refractivity contribution in [2.75, 3.05) is 18.0 Å². The Balaban J connectivity index is 1.40. The highest BCUT2D eigenvalue weighted by molar-refractivity contribution is 5.70. The first-order chi connectivity index (χ1) is 14.3. The fraction of sp³-hybridized carbons (Fsp3) is 0.292. The van der Waals surface area contributed by atoms with Crippen LogP contribution < -0.4 is 9.64 Å². The number of anilines is 1. The lowest BCUT2D eigenvalue weighted by Gasteiger charge is -2.19. The first-order valence-electron chi connectivity index (χ1n) is 9.93. The van der Waals surface area contributed by atoms with Gasteiger partial charge >= 0.3 is 6.18 Å². The van der Waals surface area contributed by atoms with Crippen LogP contribution in [0.4, 0.5) is 18.9 Å². The lowest BCUT2D eigenvalue weighted by molar-refractivity contribution is -0.137. The highest BCUT2D eigenvalue weighted by atomic mass is 19.4. The second-order valence-corrected chi connectivity index (χ2v) is 7.65. The standard InChI is InChI=1S/C24H23F3N2O/c1-16-4-3-5-22(17(16)2)18-6-9-20(10-7-18)29-13-12-21(15-29)30-23-11-8-19(14-28-23)24(25,26)27/h3-11,14,21H,12-13,15H2,1-2H3. The first-order valence-corrected chi connectivity index (χ1v) is 9.93. The van der Waals surface area contributed by atoms with E-state index in [2.05, 4.69) is 66.2 Å². The summed E-state index contributed by atoms with van der Waals surface area (Å²) in [5.74, 6) is 0.222. The van der Waals surface area contributed by atoms with Gasteiger partial charge in [0.15, 0.2) is 0 Å². The molecule has 1 aliphatic rings. The summed E-state index contributed by atoms with van der Waals surface area (Å²) in [6.45, 7) is 5.75. The average molecular weight is 412 g/mol. The van der Waals surface area contributed by atoms with Crippen molar-refractivity contribution < 1.29 is 17.9 Å². The maximum atomic E-state index is 12.7. The summed E-state index contributed by atoms with van der Waals surface area (Å²) < 4.78 is 43.8. The van der Waals surface area contributed by atoms with Gasteiger partial charge in [-0.2, -0.15) is 13.2 Å². The van der Waals surface area contributed by atoms with E-state index in [0.717, 1.165) is 30.9 Å². The number of nitrogens with zero attached hydrogens (tertiary/aromatic N) is 2. The highest BCUT2D eigenvalue weighted by Gasteiger charge is 2.31. The molecule has 3 nitrogen and oxygen atoms in total. The van der Waals surface area contributed by atoms with Crippen LogP contribution in [0, 0.1) is 13.8 Å². The molecule has 0 aliphatic carbocycles. The molecule has 0 spiro atoms. The summed E-state index contributed by atoms with van der Waals surface area (Å²) in [6.07, 6.45) is -2.89. The summed E-state index contributed by atoms with van der Waals surface area (Å²) in [7, 11) is 0. The molecule has 1 atom stereocenters. The lowest BCUT2D eigenvalue weighted by Crippen LogP contribution is -2.24. The second-order valence-electron chi connectivity index (χ2n) is 7.65. The molecule has 2 aromatic carbocycles. The third-order valence-electron chi connectivity index (χ3n) is 5.64. The maximum absolute atomic E-state index is 12.7. The van der Waals surface area contributed by atoms with Crippen molar-refractivity contribution in [3.8, 4) is 17.0 Å². The second kappa shape index (κ2) is 8.01. The summed E-state index contributed by atoms with van der Waals surface area (Å²) in [4.78, 5) is 6.03. The normalized spacial score (nSPS) is 16.7. The van der Waals surface area contributed by atoms with Gasteiger partial charge in [0.2, 0.25) is 5.88 Å². The quantitative estimate of drug-likeness (QED) is 0.522. The number of benzene rings is 2. The summed E-state index contributed by atoms with van der Waals surface area (Å²) in [5.41, 5.74) is 5.30. The number of pyridine rings is 1. The van der Waals surface area contributed by atoms with E-state index in [4.69, 9.17) is 4.74 Å². The summed E-state index contributed by atoms with van der Waals surface area (Å²) in [6, 6.07) is 17.1. The zero-order chi connectivity index (χ0) is 21.3. The first kappa shape index (κ1) is 20.3. The third-order valence-corrected chi connectivity index (χ3v) is 5.64. The van der Waals surface area contributed by atoms with E-state index in [0.29, 0.717) is 6.54 Å². The molecule has 2 heterocycles. The van der Waals surface area contributed by atoms with E-state index < -0.39 is 11.7 Å². The predicted octanol–water partition coefficient (Wildman–Crippen LogP) is 6.04. The molecule has 1 aliphatic heterocycles. The van der Waals surface area contributed by atoms with Crippen LogP contribution in [0.25, 0.3) is 11.1 Å². The Hall–Kier alpha value is -3.02. The Labute approximate surface area is 174 Å². The Morgan fingerprint density at radius 1 is 1.00 bits per heavy atom. The van der Waals surface area contributed by atoms with Gasteiger partial charge in [-0.1, -0.05) is 30.3 Å². The van der Waals surface area contributed by atoms with Gasteiger partial charge in [-0.25, -0.2) is 4.98 Å². The van der Waals surface area contributed by atoms with Crippen LogP contribution in [0.3, 0.4) is 0 Å². The van der Waals surface area contributed by atoms with E-state index in [1.807, 2.05) is 0 Å². The number of hydrogen-bond donors (Lipinski definition) is 0. The molecule has 1 saturated heterocycles. The SMILES string of the molecule is Cc1cccc(-c2ccc(N3CCC(Oc4ccc(C(F)(F)F)cn4)C3)cc2)c1C. The van der Waals surface area contributed by atoms with Crippen molar-refractivity contribution in [1.82, 2.24) is 4.98 Å². The molecule has 156 valence electrons. The number of hydrogen-bond acceptors (Lipinski definition) is 3. The number of aryl methyl sites for hydroxylation is 1. The predicted molar refractivity (Wildman–Crippen MR) is 112 cm³/mol. The summed E-state index contributed by atoms with van der Waals surface area (Å²) >= 11 is 0. The van der Waals surface area contributed by atoms with E-state index in [9.17, 15) is 13.2 Å². The van der Waals surface area contributed by atoms with Crippen LogP contribution in [0.1, 0.15) is 23.1 Å². The van der Waals surface area contributed by atoms with Gasteiger partial charge in [-0.15, -0.1) is 0 Å². The van der Waals surface area contributed by atoms with Crippen molar-refractivity contribution in [2.45, 2.75) is 32.5 Å². The molecule has 0 N–H and O–H groups in total. The molecule has 0 saturated carbocycles. The molecule has 0 bridgehead atoms. The number of aromatic nitrogens is 1. The van der Waals surface area contributed by atoms with Crippen molar-refractivity contribution in [3.63, 3.8) is 0 Å². The number of halogens is 3. The van der Waals surface area contributed by atoms with Gasteiger partial charge in [-0.3, -0.25) is 0 Å². The Kier molecular flexibility index (Phi) is 5.41. The van der Waals surface area contributed by atoms with E-state index >= 15 is 0 Å². The number of rotatable bonds is 4.